The molecule has 2 saturated carbocycles. The summed E-state index contributed by atoms with van der Waals surface area (Å²) < 4.78 is 0. The summed E-state index contributed by atoms with van der Waals surface area (Å²) in [6.07, 6.45) is 7.85. The molecule has 0 spiro atoms. The summed E-state index contributed by atoms with van der Waals surface area (Å²) in [5, 5.41) is 3.27. The molecule has 2 fully saturated rings. The lowest BCUT2D eigenvalue weighted by atomic mass is 9.79. The van der Waals surface area contributed by atoms with Crippen molar-refractivity contribution in [1.29, 1.82) is 0 Å². The van der Waals surface area contributed by atoms with Crippen molar-refractivity contribution in [3.8, 4) is 0 Å². The Kier molecular flexibility index (Phi) is 4.66. The molecule has 0 aliphatic heterocycles. The first-order valence-corrected chi connectivity index (χ1v) is 7.60. The SMILES string of the molecule is CC1CCCC(NC(=O)C2CC(C)CC(N)C2)C1. The van der Waals surface area contributed by atoms with Crippen LogP contribution in [0.2, 0.25) is 0 Å². The van der Waals surface area contributed by atoms with E-state index in [9.17, 15) is 4.79 Å². The monoisotopic (exact) mass is 252 g/mol. The summed E-state index contributed by atoms with van der Waals surface area (Å²) in [6.45, 7) is 4.50. The van der Waals surface area contributed by atoms with E-state index in [4.69, 9.17) is 5.73 Å². The maximum Gasteiger partial charge on any atom is 0.223 e. The first-order valence-electron chi connectivity index (χ1n) is 7.60. The Hall–Kier alpha value is -0.570. The molecule has 0 aromatic heterocycles. The van der Waals surface area contributed by atoms with Crippen LogP contribution in [-0.2, 0) is 4.79 Å². The van der Waals surface area contributed by atoms with Crippen LogP contribution < -0.4 is 11.1 Å². The highest BCUT2D eigenvalue weighted by atomic mass is 16.1. The molecule has 3 N–H and O–H groups in total. The van der Waals surface area contributed by atoms with Gasteiger partial charge in [-0.15, -0.1) is 0 Å². The minimum atomic E-state index is 0.154. The van der Waals surface area contributed by atoms with Crippen molar-refractivity contribution >= 4 is 5.91 Å². The van der Waals surface area contributed by atoms with Crippen LogP contribution in [0.25, 0.3) is 0 Å². The van der Waals surface area contributed by atoms with Crippen LogP contribution in [0.3, 0.4) is 0 Å². The standard InChI is InChI=1S/C15H28N2O/c1-10-4-3-5-14(8-10)17-15(18)12-6-11(2)7-13(16)9-12/h10-14H,3-9,16H2,1-2H3,(H,17,18). The van der Waals surface area contributed by atoms with Gasteiger partial charge in [0.15, 0.2) is 0 Å². The van der Waals surface area contributed by atoms with Crippen molar-refractivity contribution in [2.24, 2.45) is 23.5 Å². The van der Waals surface area contributed by atoms with Gasteiger partial charge in [-0.25, -0.2) is 0 Å². The van der Waals surface area contributed by atoms with Gasteiger partial charge in [0.2, 0.25) is 5.91 Å². The van der Waals surface area contributed by atoms with Gasteiger partial charge in [0, 0.05) is 18.0 Å². The van der Waals surface area contributed by atoms with E-state index < -0.39 is 0 Å². The van der Waals surface area contributed by atoms with E-state index in [0.717, 1.165) is 38.0 Å². The lowest BCUT2D eigenvalue weighted by Gasteiger charge is -2.33. The third-order valence-electron chi connectivity index (χ3n) is 4.63. The van der Waals surface area contributed by atoms with Crippen LogP contribution in [0, 0.1) is 17.8 Å². The van der Waals surface area contributed by atoms with Crippen molar-refractivity contribution in [1.82, 2.24) is 5.32 Å². The Morgan fingerprint density at radius 2 is 1.83 bits per heavy atom. The van der Waals surface area contributed by atoms with Crippen LogP contribution >= 0.6 is 0 Å². The predicted molar refractivity (Wildman–Crippen MR) is 74.0 cm³/mol. The van der Waals surface area contributed by atoms with E-state index in [-0.39, 0.29) is 17.9 Å². The molecule has 0 saturated heterocycles. The van der Waals surface area contributed by atoms with E-state index >= 15 is 0 Å². The largest absolute Gasteiger partial charge is 0.353 e. The molecule has 104 valence electrons. The second kappa shape index (κ2) is 6.05. The Morgan fingerprint density at radius 1 is 1.06 bits per heavy atom. The number of carbonyl (C=O) groups is 1. The molecule has 5 atom stereocenters. The van der Waals surface area contributed by atoms with Gasteiger partial charge in [-0.2, -0.15) is 0 Å². The third kappa shape index (κ3) is 3.71. The highest BCUT2D eigenvalue weighted by molar-refractivity contribution is 5.79. The van der Waals surface area contributed by atoms with Crippen LogP contribution in [0.4, 0.5) is 0 Å². The molecular weight excluding hydrogens is 224 g/mol. The summed E-state index contributed by atoms with van der Waals surface area (Å²) in [6, 6.07) is 0.629. The number of hydrogen-bond donors (Lipinski definition) is 2. The van der Waals surface area contributed by atoms with E-state index in [2.05, 4.69) is 19.2 Å². The molecule has 0 aromatic rings. The van der Waals surface area contributed by atoms with Crippen molar-refractivity contribution < 1.29 is 4.79 Å². The summed E-state index contributed by atoms with van der Waals surface area (Å²) >= 11 is 0. The molecule has 18 heavy (non-hydrogen) atoms. The Bertz CT molecular complexity index is 282. The van der Waals surface area contributed by atoms with Gasteiger partial charge in [-0.3, -0.25) is 4.79 Å². The fourth-order valence-corrected chi connectivity index (χ4v) is 3.75. The van der Waals surface area contributed by atoms with Gasteiger partial charge in [0.25, 0.3) is 0 Å². The molecule has 0 bridgehead atoms. The van der Waals surface area contributed by atoms with Crippen LogP contribution in [0.15, 0.2) is 0 Å². The molecule has 2 aliphatic carbocycles. The van der Waals surface area contributed by atoms with Gasteiger partial charge in [-0.1, -0.05) is 26.7 Å². The average Bonchev–Trinajstić information content (AvgIpc) is 2.27. The van der Waals surface area contributed by atoms with Gasteiger partial charge in [0.05, 0.1) is 0 Å². The van der Waals surface area contributed by atoms with E-state index in [0.29, 0.717) is 12.0 Å². The van der Waals surface area contributed by atoms with Crippen molar-refractivity contribution in [3.63, 3.8) is 0 Å². The van der Waals surface area contributed by atoms with Gasteiger partial charge in [0.1, 0.15) is 0 Å². The zero-order valence-electron chi connectivity index (χ0n) is 11.8. The van der Waals surface area contributed by atoms with Crippen LogP contribution in [0.1, 0.15) is 58.8 Å². The maximum atomic E-state index is 12.3. The molecule has 2 aliphatic rings. The molecule has 5 unspecified atom stereocenters. The van der Waals surface area contributed by atoms with Crippen LogP contribution in [0.5, 0.6) is 0 Å². The number of hydrogen-bond acceptors (Lipinski definition) is 2. The topological polar surface area (TPSA) is 55.1 Å². The van der Waals surface area contributed by atoms with E-state index in [1.54, 1.807) is 0 Å². The smallest absolute Gasteiger partial charge is 0.223 e. The second-order valence-electron chi connectivity index (χ2n) is 6.75. The normalized spacial score (nSPS) is 41.4. The third-order valence-corrected chi connectivity index (χ3v) is 4.63. The van der Waals surface area contributed by atoms with Crippen molar-refractivity contribution in [3.05, 3.63) is 0 Å². The summed E-state index contributed by atoms with van der Waals surface area (Å²) in [4.78, 5) is 12.3. The lowest BCUT2D eigenvalue weighted by Crippen LogP contribution is -2.45. The predicted octanol–water partition coefficient (Wildman–Crippen LogP) is 2.44. The highest BCUT2D eigenvalue weighted by Gasteiger charge is 2.31. The van der Waals surface area contributed by atoms with Gasteiger partial charge >= 0.3 is 0 Å². The molecular formula is C15H28N2O. The second-order valence-corrected chi connectivity index (χ2v) is 6.75. The molecule has 0 radical (unpaired) electrons. The number of carbonyl (C=O) groups excluding carboxylic acids is 1. The van der Waals surface area contributed by atoms with Gasteiger partial charge in [-0.05, 0) is 43.9 Å². The number of nitrogens with two attached hydrogens (primary N) is 1. The quantitative estimate of drug-likeness (QED) is 0.793. The molecule has 3 nitrogen and oxygen atoms in total. The average molecular weight is 252 g/mol. The zero-order valence-corrected chi connectivity index (χ0v) is 11.8. The Labute approximate surface area is 111 Å². The maximum absolute atomic E-state index is 12.3. The molecule has 2 rings (SSSR count). The minimum Gasteiger partial charge on any atom is -0.353 e. The summed E-state index contributed by atoms with van der Waals surface area (Å²) in [5.74, 6) is 1.77. The summed E-state index contributed by atoms with van der Waals surface area (Å²) in [5.41, 5.74) is 6.03. The zero-order chi connectivity index (χ0) is 13.1. The fraction of sp³-hybridized carbons (Fsp3) is 0.933. The van der Waals surface area contributed by atoms with Crippen LogP contribution in [-0.4, -0.2) is 18.0 Å². The highest BCUT2D eigenvalue weighted by Crippen LogP contribution is 2.29. The number of nitrogens with one attached hydrogen (secondary N) is 1. The molecule has 1 amide bonds. The first-order chi connectivity index (χ1) is 8.54. The van der Waals surface area contributed by atoms with Crippen molar-refractivity contribution in [2.75, 3.05) is 0 Å². The Balaban J connectivity index is 1.83. The first kappa shape index (κ1) is 13.9. The number of rotatable bonds is 2. The lowest BCUT2D eigenvalue weighted by molar-refractivity contribution is -0.127. The molecule has 0 heterocycles. The molecule has 0 aromatic carbocycles. The van der Waals surface area contributed by atoms with Crippen molar-refractivity contribution in [2.45, 2.75) is 70.9 Å². The Morgan fingerprint density at radius 3 is 2.50 bits per heavy atom. The minimum absolute atomic E-state index is 0.154. The van der Waals surface area contributed by atoms with E-state index in [1.165, 1.54) is 12.8 Å². The van der Waals surface area contributed by atoms with Gasteiger partial charge < -0.3 is 11.1 Å². The summed E-state index contributed by atoms with van der Waals surface area (Å²) in [7, 11) is 0. The molecule has 3 heteroatoms. The fourth-order valence-electron chi connectivity index (χ4n) is 3.75. The number of amides is 1. The van der Waals surface area contributed by atoms with E-state index in [1.807, 2.05) is 0 Å².